The van der Waals surface area contributed by atoms with E-state index in [1.54, 1.807) is 13.0 Å². The van der Waals surface area contributed by atoms with Gasteiger partial charge in [0, 0.05) is 19.2 Å². The van der Waals surface area contributed by atoms with Crippen LogP contribution in [0.25, 0.3) is 0 Å². The molecule has 1 amide bonds. The van der Waals surface area contributed by atoms with Crippen LogP contribution in [0.5, 0.6) is 0 Å². The Morgan fingerprint density at radius 1 is 0.926 bits per heavy atom. The van der Waals surface area contributed by atoms with Crippen LogP contribution < -0.4 is 10.6 Å². The highest BCUT2D eigenvalue weighted by atomic mass is 16.1. The third kappa shape index (κ3) is 5.14. The van der Waals surface area contributed by atoms with Crippen LogP contribution in [0.3, 0.4) is 0 Å². The molecule has 0 radical (unpaired) electrons. The molecular weight excluding hydrogens is 336 g/mol. The van der Waals surface area contributed by atoms with Crippen LogP contribution in [0.15, 0.2) is 54.6 Å². The summed E-state index contributed by atoms with van der Waals surface area (Å²) in [5.41, 5.74) is 4.98. The van der Waals surface area contributed by atoms with Crippen molar-refractivity contribution in [3.63, 3.8) is 0 Å². The number of anilines is 1. The Labute approximate surface area is 159 Å². The van der Waals surface area contributed by atoms with Gasteiger partial charge in [0.05, 0.1) is 0 Å². The SMILES string of the molecule is Cc1cccc(CNc2cc(C(=O)NCc3ccccc3C)nc(C)n2)c1. The highest BCUT2D eigenvalue weighted by Crippen LogP contribution is 2.11. The number of amides is 1. The lowest BCUT2D eigenvalue weighted by atomic mass is 10.1. The fourth-order valence-corrected chi connectivity index (χ4v) is 2.86. The van der Waals surface area contributed by atoms with Crippen molar-refractivity contribution in [3.05, 3.63) is 88.4 Å². The number of rotatable bonds is 6. The van der Waals surface area contributed by atoms with Crippen molar-refractivity contribution in [2.45, 2.75) is 33.9 Å². The Kier molecular flexibility index (Phi) is 5.81. The van der Waals surface area contributed by atoms with Gasteiger partial charge in [-0.25, -0.2) is 9.97 Å². The molecule has 3 rings (SSSR count). The van der Waals surface area contributed by atoms with Gasteiger partial charge in [0.25, 0.3) is 5.91 Å². The first-order valence-corrected chi connectivity index (χ1v) is 8.99. The molecule has 0 aliphatic carbocycles. The maximum atomic E-state index is 12.5. The van der Waals surface area contributed by atoms with Crippen LogP contribution in [0.4, 0.5) is 5.82 Å². The molecule has 138 valence electrons. The highest BCUT2D eigenvalue weighted by Gasteiger charge is 2.11. The monoisotopic (exact) mass is 360 g/mol. The van der Waals surface area contributed by atoms with E-state index in [9.17, 15) is 4.79 Å². The summed E-state index contributed by atoms with van der Waals surface area (Å²) >= 11 is 0. The highest BCUT2D eigenvalue weighted by molar-refractivity contribution is 5.92. The molecule has 0 unspecified atom stereocenters. The first kappa shape index (κ1) is 18.6. The van der Waals surface area contributed by atoms with Gasteiger partial charge in [-0.1, -0.05) is 54.1 Å². The molecule has 2 N–H and O–H groups in total. The van der Waals surface area contributed by atoms with Gasteiger partial charge >= 0.3 is 0 Å². The first-order chi connectivity index (χ1) is 13.0. The van der Waals surface area contributed by atoms with Crippen molar-refractivity contribution in [2.24, 2.45) is 0 Å². The number of hydrogen-bond donors (Lipinski definition) is 2. The molecule has 5 nitrogen and oxygen atoms in total. The zero-order valence-electron chi connectivity index (χ0n) is 15.9. The van der Waals surface area contributed by atoms with Gasteiger partial charge in [-0.3, -0.25) is 4.79 Å². The predicted molar refractivity (Wildman–Crippen MR) is 108 cm³/mol. The third-order valence-electron chi connectivity index (χ3n) is 4.33. The third-order valence-corrected chi connectivity index (χ3v) is 4.33. The number of carbonyl (C=O) groups excluding carboxylic acids is 1. The van der Waals surface area contributed by atoms with Gasteiger partial charge in [0.2, 0.25) is 0 Å². The van der Waals surface area contributed by atoms with Crippen LogP contribution in [-0.4, -0.2) is 15.9 Å². The lowest BCUT2D eigenvalue weighted by Gasteiger charge is -2.10. The summed E-state index contributed by atoms with van der Waals surface area (Å²) in [4.78, 5) is 21.2. The fourth-order valence-electron chi connectivity index (χ4n) is 2.86. The molecule has 0 spiro atoms. The zero-order chi connectivity index (χ0) is 19.2. The van der Waals surface area contributed by atoms with Gasteiger partial charge in [0.15, 0.2) is 0 Å². The lowest BCUT2D eigenvalue weighted by Crippen LogP contribution is -2.25. The van der Waals surface area contributed by atoms with Crippen molar-refractivity contribution < 1.29 is 4.79 Å². The van der Waals surface area contributed by atoms with E-state index < -0.39 is 0 Å². The fraction of sp³-hybridized carbons (Fsp3) is 0.227. The Morgan fingerprint density at radius 2 is 1.74 bits per heavy atom. The molecule has 2 aromatic carbocycles. The molecule has 3 aromatic rings. The van der Waals surface area contributed by atoms with E-state index in [2.05, 4.69) is 45.7 Å². The second-order valence-corrected chi connectivity index (χ2v) is 6.64. The van der Waals surface area contributed by atoms with E-state index in [-0.39, 0.29) is 5.91 Å². The van der Waals surface area contributed by atoms with E-state index in [1.807, 2.05) is 37.3 Å². The average Bonchev–Trinajstić information content (AvgIpc) is 2.65. The molecule has 0 saturated carbocycles. The summed E-state index contributed by atoms with van der Waals surface area (Å²) in [6.45, 7) is 7.00. The van der Waals surface area contributed by atoms with Crippen LogP contribution in [0, 0.1) is 20.8 Å². The van der Waals surface area contributed by atoms with Crippen molar-refractivity contribution in [2.75, 3.05) is 5.32 Å². The summed E-state index contributed by atoms with van der Waals surface area (Å²) in [7, 11) is 0. The second-order valence-electron chi connectivity index (χ2n) is 6.64. The normalized spacial score (nSPS) is 10.5. The van der Waals surface area contributed by atoms with Crippen molar-refractivity contribution in [1.82, 2.24) is 15.3 Å². The van der Waals surface area contributed by atoms with E-state index in [0.717, 1.165) is 16.7 Å². The zero-order valence-corrected chi connectivity index (χ0v) is 15.9. The first-order valence-electron chi connectivity index (χ1n) is 8.99. The van der Waals surface area contributed by atoms with E-state index in [4.69, 9.17) is 0 Å². The average molecular weight is 360 g/mol. The standard InChI is InChI=1S/C22H24N4O/c1-15-7-6-9-18(11-15)13-23-21-12-20(25-17(3)26-21)22(27)24-14-19-10-5-4-8-16(19)2/h4-12H,13-14H2,1-3H3,(H,24,27)(H,23,25,26). The molecule has 0 atom stereocenters. The summed E-state index contributed by atoms with van der Waals surface area (Å²) in [5, 5.41) is 6.21. The van der Waals surface area contributed by atoms with E-state index >= 15 is 0 Å². The molecule has 1 aromatic heterocycles. The molecular formula is C22H24N4O. The molecule has 0 fully saturated rings. The van der Waals surface area contributed by atoms with Crippen LogP contribution in [-0.2, 0) is 13.1 Å². The number of hydrogen-bond acceptors (Lipinski definition) is 4. The van der Waals surface area contributed by atoms with Gasteiger partial charge in [-0.15, -0.1) is 0 Å². The van der Waals surface area contributed by atoms with Gasteiger partial charge in [0.1, 0.15) is 17.3 Å². The number of nitrogens with one attached hydrogen (secondary N) is 2. The Bertz CT molecular complexity index is 953. The minimum atomic E-state index is -0.206. The van der Waals surface area contributed by atoms with Crippen LogP contribution in [0.2, 0.25) is 0 Å². The molecule has 0 aliphatic rings. The molecule has 0 bridgehead atoms. The smallest absolute Gasteiger partial charge is 0.270 e. The summed E-state index contributed by atoms with van der Waals surface area (Å²) in [5.74, 6) is 0.998. The minimum absolute atomic E-state index is 0.206. The van der Waals surface area contributed by atoms with Crippen molar-refractivity contribution in [1.29, 1.82) is 0 Å². The van der Waals surface area contributed by atoms with Crippen LogP contribution >= 0.6 is 0 Å². The summed E-state index contributed by atoms with van der Waals surface area (Å²) < 4.78 is 0. The van der Waals surface area contributed by atoms with Crippen molar-refractivity contribution >= 4 is 11.7 Å². The topological polar surface area (TPSA) is 66.9 Å². The predicted octanol–water partition coefficient (Wildman–Crippen LogP) is 3.94. The quantitative estimate of drug-likeness (QED) is 0.699. The lowest BCUT2D eigenvalue weighted by molar-refractivity contribution is 0.0945. The molecule has 27 heavy (non-hydrogen) atoms. The largest absolute Gasteiger partial charge is 0.366 e. The van der Waals surface area contributed by atoms with E-state index in [0.29, 0.717) is 30.4 Å². The maximum absolute atomic E-state index is 12.5. The van der Waals surface area contributed by atoms with Crippen LogP contribution in [0.1, 0.15) is 38.6 Å². The molecule has 0 aliphatic heterocycles. The Balaban J connectivity index is 1.67. The molecule has 5 heteroatoms. The van der Waals surface area contributed by atoms with Crippen molar-refractivity contribution in [3.8, 4) is 0 Å². The van der Waals surface area contributed by atoms with E-state index in [1.165, 1.54) is 5.56 Å². The number of benzene rings is 2. The minimum Gasteiger partial charge on any atom is -0.366 e. The molecule has 0 saturated heterocycles. The van der Waals surface area contributed by atoms with Gasteiger partial charge in [-0.05, 0) is 37.5 Å². The number of aromatic nitrogens is 2. The Hall–Kier alpha value is -3.21. The summed E-state index contributed by atoms with van der Waals surface area (Å²) in [6.07, 6.45) is 0. The second kappa shape index (κ2) is 8.45. The number of nitrogens with zero attached hydrogens (tertiary/aromatic N) is 2. The molecule has 1 heterocycles. The summed E-state index contributed by atoms with van der Waals surface area (Å²) in [6, 6.07) is 18.0. The number of carbonyl (C=O) groups is 1. The van der Waals surface area contributed by atoms with Gasteiger partial charge < -0.3 is 10.6 Å². The maximum Gasteiger partial charge on any atom is 0.270 e. The Morgan fingerprint density at radius 3 is 2.52 bits per heavy atom. The number of aryl methyl sites for hydroxylation is 3. The van der Waals surface area contributed by atoms with Gasteiger partial charge in [-0.2, -0.15) is 0 Å².